The van der Waals surface area contributed by atoms with E-state index in [0.29, 0.717) is 17.0 Å². The largest absolute Gasteiger partial charge is 0.466 e. The molecule has 0 saturated heterocycles. The summed E-state index contributed by atoms with van der Waals surface area (Å²) in [5, 5.41) is 1.39. The molecule has 0 aliphatic carbocycles. The number of rotatable bonds is 6. The third-order valence-electron chi connectivity index (χ3n) is 3.44. The monoisotopic (exact) mass is 302 g/mol. The summed E-state index contributed by atoms with van der Waals surface area (Å²) in [6.07, 6.45) is 0.111. The highest BCUT2D eigenvalue weighted by atomic mass is 28.4. The second-order valence-electron chi connectivity index (χ2n) is 4.84. The minimum Gasteiger partial charge on any atom is -0.466 e. The van der Waals surface area contributed by atoms with Crippen LogP contribution in [-0.2, 0) is 9.53 Å². The van der Waals surface area contributed by atoms with Crippen LogP contribution in [0.4, 0.5) is 4.11 Å². The Balaban J connectivity index is 2.29. The van der Waals surface area contributed by atoms with E-state index in [9.17, 15) is 4.79 Å². The minimum atomic E-state index is -3.39. The Morgan fingerprint density at radius 3 is 1.90 bits per heavy atom. The molecule has 0 fully saturated rings. The van der Waals surface area contributed by atoms with Crippen LogP contribution >= 0.6 is 0 Å². The van der Waals surface area contributed by atoms with Gasteiger partial charge in [-0.15, -0.1) is 0 Å². The molecular weight excluding hydrogens is 283 g/mol. The quantitative estimate of drug-likeness (QED) is 0.466. The molecule has 0 atom stereocenters. The van der Waals surface area contributed by atoms with Crippen molar-refractivity contribution >= 4 is 24.8 Å². The fraction of sp³-hybridized carbons (Fsp3) is 0.235. The van der Waals surface area contributed by atoms with Crippen molar-refractivity contribution in [3.8, 4) is 0 Å². The van der Waals surface area contributed by atoms with E-state index in [2.05, 4.69) is 0 Å². The van der Waals surface area contributed by atoms with Gasteiger partial charge in [-0.25, -0.2) is 0 Å². The average molecular weight is 302 g/mol. The average Bonchev–Trinajstić information content (AvgIpc) is 2.54. The summed E-state index contributed by atoms with van der Waals surface area (Å²) < 4.78 is 20.7. The van der Waals surface area contributed by atoms with E-state index in [1.165, 1.54) is 0 Å². The molecule has 2 nitrogen and oxygen atoms in total. The predicted molar refractivity (Wildman–Crippen MR) is 85.1 cm³/mol. The molecule has 0 aromatic heterocycles. The number of hydrogen-bond donors (Lipinski definition) is 0. The maximum absolute atomic E-state index is 15.8. The number of carbonyl (C=O) groups is 1. The van der Waals surface area contributed by atoms with Crippen LogP contribution in [0.1, 0.15) is 13.3 Å². The fourth-order valence-corrected chi connectivity index (χ4v) is 5.27. The molecule has 2 rings (SSSR count). The number of benzene rings is 2. The van der Waals surface area contributed by atoms with Crippen molar-refractivity contribution in [3.05, 3.63) is 60.7 Å². The molecule has 0 amide bonds. The maximum Gasteiger partial charge on any atom is 0.309 e. The van der Waals surface area contributed by atoms with E-state index in [4.69, 9.17) is 4.74 Å². The lowest BCUT2D eigenvalue weighted by atomic mass is 10.4. The number of ether oxygens (including phenoxy) is 1. The van der Waals surface area contributed by atoms with Crippen molar-refractivity contribution in [2.45, 2.75) is 19.4 Å². The van der Waals surface area contributed by atoms with Crippen molar-refractivity contribution in [2.75, 3.05) is 6.61 Å². The van der Waals surface area contributed by atoms with Crippen molar-refractivity contribution in [3.63, 3.8) is 0 Å². The van der Waals surface area contributed by atoms with Crippen molar-refractivity contribution < 1.29 is 13.6 Å². The van der Waals surface area contributed by atoms with Gasteiger partial charge in [0.2, 0.25) is 0 Å². The van der Waals surface area contributed by atoms with Crippen molar-refractivity contribution in [1.29, 1.82) is 0 Å². The van der Waals surface area contributed by atoms with E-state index in [1.807, 2.05) is 60.7 Å². The van der Waals surface area contributed by atoms with Gasteiger partial charge in [-0.2, -0.15) is 0 Å². The lowest BCUT2D eigenvalue weighted by molar-refractivity contribution is -0.142. The summed E-state index contributed by atoms with van der Waals surface area (Å²) in [7, 11) is -3.39. The van der Waals surface area contributed by atoms with E-state index >= 15 is 4.11 Å². The van der Waals surface area contributed by atoms with Crippen LogP contribution in [-0.4, -0.2) is 21.0 Å². The van der Waals surface area contributed by atoms with Gasteiger partial charge in [0.1, 0.15) is 0 Å². The standard InChI is InChI=1S/C17H19FO2Si/c1-2-20-17(19)13-14-21(18,15-9-5-3-6-10-15)16-11-7-4-8-12-16/h3-12H,2,13-14H2,1H3. The van der Waals surface area contributed by atoms with Gasteiger partial charge in [-0.1, -0.05) is 60.7 Å². The highest BCUT2D eigenvalue weighted by Crippen LogP contribution is 2.16. The zero-order chi connectivity index (χ0) is 15.1. The zero-order valence-electron chi connectivity index (χ0n) is 12.1. The fourth-order valence-electron chi connectivity index (χ4n) is 2.37. The first kappa shape index (κ1) is 15.4. The van der Waals surface area contributed by atoms with Crippen molar-refractivity contribution in [1.82, 2.24) is 0 Å². The van der Waals surface area contributed by atoms with Gasteiger partial charge in [-0.3, -0.25) is 4.79 Å². The van der Waals surface area contributed by atoms with Gasteiger partial charge >= 0.3 is 14.4 Å². The normalized spacial score (nSPS) is 11.1. The highest BCUT2D eigenvalue weighted by Gasteiger charge is 2.39. The lowest BCUT2D eigenvalue weighted by Crippen LogP contribution is -2.54. The Kier molecular flexibility index (Phi) is 5.28. The topological polar surface area (TPSA) is 26.3 Å². The molecule has 0 saturated carbocycles. The molecule has 21 heavy (non-hydrogen) atoms. The van der Waals surface area contributed by atoms with Gasteiger partial charge in [0.15, 0.2) is 0 Å². The Hall–Kier alpha value is -1.94. The van der Waals surface area contributed by atoms with Crippen LogP contribution in [0.2, 0.25) is 6.04 Å². The van der Waals surface area contributed by atoms with Gasteiger partial charge in [-0.05, 0) is 23.3 Å². The first-order valence-corrected chi connectivity index (χ1v) is 9.21. The maximum atomic E-state index is 15.8. The molecule has 0 heterocycles. The molecule has 2 aromatic rings. The summed E-state index contributed by atoms with van der Waals surface area (Å²) in [5.41, 5.74) is 0. The van der Waals surface area contributed by atoms with E-state index in [-0.39, 0.29) is 18.4 Å². The Labute approximate surface area is 125 Å². The van der Waals surface area contributed by atoms with Gasteiger partial charge in [0.05, 0.1) is 6.61 Å². The van der Waals surface area contributed by atoms with Gasteiger partial charge in [0.25, 0.3) is 0 Å². The zero-order valence-corrected chi connectivity index (χ0v) is 13.1. The summed E-state index contributed by atoms with van der Waals surface area (Å²) >= 11 is 0. The lowest BCUT2D eigenvalue weighted by Gasteiger charge is -2.23. The Morgan fingerprint density at radius 2 is 1.48 bits per heavy atom. The molecular formula is C17H19FO2Si. The van der Waals surface area contributed by atoms with Crippen LogP contribution in [0.3, 0.4) is 0 Å². The molecule has 4 heteroatoms. The number of carbonyl (C=O) groups excluding carboxylic acids is 1. The molecule has 2 aromatic carbocycles. The third kappa shape index (κ3) is 3.79. The molecule has 0 spiro atoms. The molecule has 0 bridgehead atoms. The Bertz CT molecular complexity index is 532. The summed E-state index contributed by atoms with van der Waals surface area (Å²) in [6.45, 7) is 2.09. The number of esters is 1. The first-order chi connectivity index (χ1) is 10.2. The molecule has 0 unspecified atom stereocenters. The first-order valence-electron chi connectivity index (χ1n) is 7.12. The molecule has 110 valence electrons. The van der Waals surface area contributed by atoms with Gasteiger partial charge in [0, 0.05) is 6.42 Å². The second kappa shape index (κ2) is 7.18. The van der Waals surface area contributed by atoms with Crippen molar-refractivity contribution in [2.24, 2.45) is 0 Å². The summed E-state index contributed by atoms with van der Waals surface area (Å²) in [4.78, 5) is 11.6. The minimum absolute atomic E-state index is 0.111. The van der Waals surface area contributed by atoms with Crippen LogP contribution in [0.25, 0.3) is 0 Å². The molecule has 0 aliphatic rings. The number of halogens is 1. The van der Waals surface area contributed by atoms with Crippen LogP contribution < -0.4 is 10.4 Å². The molecule has 0 N–H and O–H groups in total. The number of hydrogen-bond acceptors (Lipinski definition) is 2. The van der Waals surface area contributed by atoms with E-state index in [0.717, 1.165) is 0 Å². The highest BCUT2D eigenvalue weighted by molar-refractivity contribution is 6.97. The Morgan fingerprint density at radius 1 is 1.00 bits per heavy atom. The summed E-state index contributed by atoms with van der Waals surface area (Å²) in [5.74, 6) is -0.334. The van der Waals surface area contributed by atoms with Crippen LogP contribution in [0, 0.1) is 0 Å². The second-order valence-corrected chi connectivity index (χ2v) is 8.10. The van der Waals surface area contributed by atoms with E-state index in [1.54, 1.807) is 6.92 Å². The summed E-state index contributed by atoms with van der Waals surface area (Å²) in [6, 6.07) is 18.5. The smallest absolute Gasteiger partial charge is 0.309 e. The van der Waals surface area contributed by atoms with Crippen LogP contribution in [0.5, 0.6) is 0 Å². The molecule has 0 radical (unpaired) electrons. The SMILES string of the molecule is CCOC(=O)CC[Si](F)(c1ccccc1)c1ccccc1. The van der Waals surface area contributed by atoms with E-state index < -0.39 is 8.41 Å². The third-order valence-corrected chi connectivity index (χ3v) is 6.88. The molecule has 0 aliphatic heterocycles. The van der Waals surface area contributed by atoms with Crippen LogP contribution in [0.15, 0.2) is 60.7 Å². The van der Waals surface area contributed by atoms with Gasteiger partial charge < -0.3 is 8.84 Å². The predicted octanol–water partition coefficient (Wildman–Crippen LogP) is 2.67.